The third-order valence-corrected chi connectivity index (χ3v) is 0. The molecule has 0 aliphatic carbocycles. The van der Waals surface area contributed by atoms with E-state index in [1.54, 1.807) is 0 Å². The second kappa shape index (κ2) is 15.7. The van der Waals surface area contributed by atoms with Crippen molar-refractivity contribution in [2.45, 2.75) is 0 Å². The average molecular weight is 130 g/mol. The Hall–Kier alpha value is 4.11. The summed E-state index contributed by atoms with van der Waals surface area (Å²) in [5, 5.41) is 0. The maximum absolute atomic E-state index is 0. The van der Waals surface area contributed by atoms with E-state index in [0.717, 1.165) is 0 Å². The Labute approximate surface area is 126 Å². The minimum Gasteiger partial charge on any atom is 0 e. The summed E-state index contributed by atoms with van der Waals surface area (Å²) >= 11 is 0. The number of rotatable bonds is 0. The molecule has 8 radical (unpaired) electrons. The molecule has 0 spiro atoms. The van der Waals surface area contributed by atoms with Crippen LogP contribution in [-0.2, 0) is 0 Å². The van der Waals surface area contributed by atoms with Gasteiger partial charge in [0.25, 0.3) is 0 Å². The molecule has 0 aromatic rings. The summed E-state index contributed by atoms with van der Waals surface area (Å²) in [6.07, 6.45) is 0. The Morgan fingerprint density at radius 2 is 1.00 bits per heavy atom. The van der Waals surface area contributed by atoms with Gasteiger partial charge in [-0.25, -0.2) is 0 Å². The Kier molecular flexibility index (Phi) is 95.3. The van der Waals surface area contributed by atoms with Gasteiger partial charge < -0.3 is 0 Å². The van der Waals surface area contributed by atoms with Crippen molar-refractivity contribution in [3.8, 4) is 0 Å². The molecule has 0 unspecified atom stereocenters. The van der Waals surface area contributed by atoms with Gasteiger partial charge in [0.05, 0.1) is 0 Å². The molecule has 0 nitrogen and oxygen atoms in total. The first kappa shape index (κ1) is 24.3. The Morgan fingerprint density at radius 3 is 1.00 bits per heavy atom. The second-order valence-electron chi connectivity index (χ2n) is 0. The first-order chi connectivity index (χ1) is 0. The summed E-state index contributed by atoms with van der Waals surface area (Å²) < 4.78 is 0. The van der Waals surface area contributed by atoms with Gasteiger partial charge in [0, 0.05) is 130 Å². The third kappa shape index (κ3) is 9.45. The molecule has 0 saturated heterocycles. The van der Waals surface area contributed by atoms with E-state index in [1.807, 2.05) is 0 Å². The molecule has 0 aromatic carbocycles. The largest absolute Gasteiger partial charge is 0 e. The predicted octanol–water partition coefficient (Wildman–Crippen LogP) is -1.52. The monoisotopic (exact) mass is 130 g/mol. The van der Waals surface area contributed by atoms with Gasteiger partial charge in [-0.2, -0.15) is 0 Å². The molecule has 4 heteroatoms. The molecular weight excluding hydrogens is 130 g/mol. The van der Waals surface area contributed by atoms with Gasteiger partial charge in [-0.3, -0.25) is 0 Å². The molecule has 8 valence electrons. The second-order valence-corrected chi connectivity index (χ2v) is 0. The molecule has 0 atom stereocenters. The molecule has 0 aromatic heterocycles. The van der Waals surface area contributed by atoms with Gasteiger partial charge in [0.15, 0.2) is 0 Å². The van der Waals surface area contributed by atoms with E-state index in [9.17, 15) is 0 Å². The summed E-state index contributed by atoms with van der Waals surface area (Å²) in [4.78, 5) is 0. The van der Waals surface area contributed by atoms with E-state index < -0.39 is 0 Å². The van der Waals surface area contributed by atoms with Gasteiger partial charge in [-0.1, -0.05) is 0 Å². The van der Waals surface area contributed by atoms with Crippen LogP contribution < -0.4 is 0 Å². The summed E-state index contributed by atoms with van der Waals surface area (Å²) in [5.74, 6) is 0. The molecule has 0 bridgehead atoms. The van der Waals surface area contributed by atoms with E-state index in [0.29, 0.717) is 0 Å². The van der Waals surface area contributed by atoms with Crippen LogP contribution in [0.4, 0.5) is 0 Å². The molecule has 4 heavy (non-hydrogen) atoms. The van der Waals surface area contributed by atoms with Crippen LogP contribution in [0, 0.1) is 0 Å². The van der Waals surface area contributed by atoms with Gasteiger partial charge in [-0.05, 0) is 0 Å². The number of hydrogen-bond donors (Lipinski definition) is 0. The predicted molar refractivity (Wildman–Crippen MR) is 23.0 cm³/mol. The van der Waals surface area contributed by atoms with Crippen LogP contribution in [0.5, 0.6) is 0 Å². The molecule has 0 amide bonds. The fourth-order valence-electron chi connectivity index (χ4n) is 0. The van der Waals surface area contributed by atoms with Crippen LogP contribution in [0.2, 0.25) is 0 Å². The maximum Gasteiger partial charge on any atom is 0 e. The molecule has 0 aliphatic heterocycles. The van der Waals surface area contributed by atoms with Gasteiger partial charge in [0.2, 0.25) is 0 Å². The van der Waals surface area contributed by atoms with Gasteiger partial charge in [0.1, 0.15) is 0 Å². The molecule has 0 N–H and O–H groups in total. The van der Waals surface area contributed by atoms with Crippen LogP contribution in [-0.4, -0.2) is 130 Å². The van der Waals surface area contributed by atoms with E-state index in [2.05, 4.69) is 0 Å². The van der Waals surface area contributed by atoms with Crippen molar-refractivity contribution in [2.24, 2.45) is 0 Å². The first-order valence-corrected chi connectivity index (χ1v) is 0. The number of hydrogen-bond acceptors (Lipinski definition) is 0. The Bertz CT molecular complexity index is 8.00. The minimum absolute atomic E-state index is 0. The fourth-order valence-corrected chi connectivity index (χ4v) is 0. The van der Waals surface area contributed by atoms with Crippen LogP contribution in [0.25, 0.3) is 0 Å². The van der Waals surface area contributed by atoms with E-state index in [1.165, 1.54) is 0 Å². The summed E-state index contributed by atoms with van der Waals surface area (Å²) in [6, 6.07) is 0. The molecule has 0 fully saturated rings. The van der Waals surface area contributed by atoms with Crippen molar-refractivity contribution >= 4 is 130 Å². The summed E-state index contributed by atoms with van der Waals surface area (Å²) in [7, 11) is 0. The van der Waals surface area contributed by atoms with Crippen LogP contribution in [0.1, 0.15) is 0 Å². The zero-order chi connectivity index (χ0) is 0. The smallest absolute Gasteiger partial charge is 0 e. The SMILES string of the molecule is [Ca].[K].[Na].[Si]. The van der Waals surface area contributed by atoms with E-state index >= 15 is 0 Å². The van der Waals surface area contributed by atoms with E-state index in [4.69, 9.17) is 0 Å². The Morgan fingerprint density at radius 1 is 1.00 bits per heavy atom. The van der Waals surface area contributed by atoms with Crippen molar-refractivity contribution in [1.29, 1.82) is 0 Å². The van der Waals surface area contributed by atoms with Crippen LogP contribution >= 0.6 is 0 Å². The average Bonchev–Trinajstić information content (AvgIpc) is 0. The summed E-state index contributed by atoms with van der Waals surface area (Å²) in [5.41, 5.74) is 0. The minimum atomic E-state index is 0. The quantitative estimate of drug-likeness (QED) is 0.349. The molecule has 0 heterocycles. The first-order valence-electron chi connectivity index (χ1n) is 0. The summed E-state index contributed by atoms with van der Waals surface area (Å²) in [6.45, 7) is 0. The van der Waals surface area contributed by atoms with E-state index in [-0.39, 0.29) is 130 Å². The van der Waals surface area contributed by atoms with Crippen molar-refractivity contribution < 1.29 is 0 Å². The molecule has 0 aliphatic rings. The van der Waals surface area contributed by atoms with Crippen molar-refractivity contribution in [3.63, 3.8) is 0 Å². The maximum atomic E-state index is 0. The fraction of sp³-hybridized carbons (Fsp3) is 0. The normalized spacial score (nSPS) is 0. The van der Waals surface area contributed by atoms with Crippen molar-refractivity contribution in [3.05, 3.63) is 0 Å². The molecular formula is CaKNaSi. The third-order valence-electron chi connectivity index (χ3n) is 0. The van der Waals surface area contributed by atoms with Gasteiger partial charge in [-0.15, -0.1) is 0 Å². The Balaban J connectivity index is 0. The van der Waals surface area contributed by atoms with Crippen molar-refractivity contribution in [1.82, 2.24) is 0 Å². The zero-order valence-corrected chi connectivity index (χ0v) is 11.5. The topological polar surface area (TPSA) is 0 Å². The van der Waals surface area contributed by atoms with Crippen molar-refractivity contribution in [2.75, 3.05) is 0 Å². The molecule has 0 rings (SSSR count). The standard InChI is InChI=1S/Ca.K.Na.Si. The van der Waals surface area contributed by atoms with Crippen LogP contribution in [0.3, 0.4) is 0 Å². The molecule has 0 saturated carbocycles. The van der Waals surface area contributed by atoms with Gasteiger partial charge >= 0.3 is 0 Å². The van der Waals surface area contributed by atoms with Crippen LogP contribution in [0.15, 0.2) is 0 Å². The zero-order valence-electron chi connectivity index (χ0n) is 3.21.